The Kier molecular flexibility index (Phi) is 8.74. The molecule has 4 aromatic rings. The summed E-state index contributed by atoms with van der Waals surface area (Å²) in [6.45, 7) is 4.87. The maximum absolute atomic E-state index is 12.7. The number of amides is 1. The lowest BCUT2D eigenvalue weighted by Crippen LogP contribution is -2.16. The number of rotatable bonds is 11. The van der Waals surface area contributed by atoms with Crippen LogP contribution in [0.3, 0.4) is 0 Å². The molecule has 0 aliphatic heterocycles. The minimum Gasteiger partial charge on any atom is -0.478 e. The van der Waals surface area contributed by atoms with Crippen LogP contribution < -0.4 is 5.32 Å². The molecule has 0 saturated carbocycles. The molecule has 190 valence electrons. The highest BCUT2D eigenvalue weighted by Gasteiger charge is 2.16. The predicted octanol–water partition coefficient (Wildman–Crippen LogP) is 6.22. The molecule has 3 aromatic carbocycles. The zero-order valence-corrected chi connectivity index (χ0v) is 21.8. The van der Waals surface area contributed by atoms with E-state index in [1.807, 2.05) is 24.3 Å². The molecule has 0 aliphatic rings. The second kappa shape index (κ2) is 12.4. The molecule has 7 nitrogen and oxygen atoms in total. The van der Waals surface area contributed by atoms with Crippen molar-refractivity contribution < 1.29 is 14.7 Å². The van der Waals surface area contributed by atoms with Crippen LogP contribution >= 0.6 is 11.8 Å². The first-order valence-corrected chi connectivity index (χ1v) is 13.3. The topological polar surface area (TPSA) is 97.1 Å². The van der Waals surface area contributed by atoms with Crippen LogP contribution in [0.25, 0.3) is 0 Å². The van der Waals surface area contributed by atoms with Gasteiger partial charge < -0.3 is 15.0 Å². The van der Waals surface area contributed by atoms with Crippen molar-refractivity contribution in [3.05, 3.63) is 106 Å². The number of unbranched alkanes of at least 4 members (excludes halogenated alkanes) is 1. The van der Waals surface area contributed by atoms with Gasteiger partial charge in [-0.05, 0) is 48.7 Å². The van der Waals surface area contributed by atoms with Crippen LogP contribution in [0.4, 0.5) is 5.69 Å². The molecule has 1 heterocycles. The predicted molar refractivity (Wildman–Crippen MR) is 146 cm³/mol. The van der Waals surface area contributed by atoms with Crippen molar-refractivity contribution in [2.45, 2.75) is 50.6 Å². The van der Waals surface area contributed by atoms with Crippen molar-refractivity contribution in [3.63, 3.8) is 0 Å². The zero-order valence-electron chi connectivity index (χ0n) is 21.0. The van der Waals surface area contributed by atoms with Gasteiger partial charge in [-0.25, -0.2) is 4.79 Å². The van der Waals surface area contributed by atoms with Gasteiger partial charge in [-0.15, -0.1) is 10.2 Å². The fourth-order valence-electron chi connectivity index (χ4n) is 3.88. The van der Waals surface area contributed by atoms with E-state index in [1.165, 1.54) is 23.3 Å². The second-order valence-electron chi connectivity index (χ2n) is 8.86. The molecule has 0 spiro atoms. The number of carbonyl (C=O) groups is 2. The molecule has 2 N–H and O–H groups in total. The van der Waals surface area contributed by atoms with Gasteiger partial charge in [0.2, 0.25) is 0 Å². The highest BCUT2D eigenvalue weighted by Crippen LogP contribution is 2.24. The Hall–Kier alpha value is -3.91. The fraction of sp³-hybridized carbons (Fsp3) is 0.241. The molecule has 1 aromatic heterocycles. The van der Waals surface area contributed by atoms with Crippen LogP contribution in [0.15, 0.2) is 78.0 Å². The van der Waals surface area contributed by atoms with E-state index in [9.17, 15) is 14.7 Å². The molecule has 0 saturated heterocycles. The minimum atomic E-state index is -1.13. The summed E-state index contributed by atoms with van der Waals surface area (Å²) in [4.78, 5) is 24.1. The van der Waals surface area contributed by atoms with Gasteiger partial charge in [0.25, 0.3) is 5.91 Å². The number of aryl methyl sites for hydroxylation is 2. The number of nitrogens with zero attached hydrogens (tertiary/aromatic N) is 3. The number of hydrogen-bond acceptors (Lipinski definition) is 5. The molecule has 0 unspecified atom stereocenters. The van der Waals surface area contributed by atoms with E-state index >= 15 is 0 Å². The van der Waals surface area contributed by atoms with Gasteiger partial charge in [-0.1, -0.05) is 79.2 Å². The largest absolute Gasteiger partial charge is 0.478 e. The smallest absolute Gasteiger partial charge is 0.336 e. The number of benzene rings is 3. The summed E-state index contributed by atoms with van der Waals surface area (Å²) < 4.78 is 2.17. The van der Waals surface area contributed by atoms with Crippen LogP contribution in [0.2, 0.25) is 0 Å². The van der Waals surface area contributed by atoms with Crippen LogP contribution in [0, 0.1) is 6.92 Å². The Morgan fingerprint density at radius 1 is 0.919 bits per heavy atom. The molecule has 4 rings (SSSR count). The Bertz CT molecular complexity index is 1360. The van der Waals surface area contributed by atoms with Crippen LogP contribution in [0.5, 0.6) is 0 Å². The molecule has 0 bridgehead atoms. The lowest BCUT2D eigenvalue weighted by atomic mass is 10.1. The quantitative estimate of drug-likeness (QED) is 0.231. The normalized spacial score (nSPS) is 10.9. The van der Waals surface area contributed by atoms with Gasteiger partial charge in [-0.3, -0.25) is 4.79 Å². The Labute approximate surface area is 221 Å². The van der Waals surface area contributed by atoms with Crippen molar-refractivity contribution >= 4 is 29.3 Å². The maximum Gasteiger partial charge on any atom is 0.336 e. The van der Waals surface area contributed by atoms with E-state index in [1.54, 1.807) is 23.9 Å². The Morgan fingerprint density at radius 2 is 1.59 bits per heavy atom. The number of nitrogens with one attached hydrogen (secondary N) is 1. The molecule has 0 atom stereocenters. The first-order chi connectivity index (χ1) is 17.9. The van der Waals surface area contributed by atoms with Gasteiger partial charge >= 0.3 is 5.97 Å². The molecule has 0 aliphatic carbocycles. The van der Waals surface area contributed by atoms with E-state index in [2.05, 4.69) is 58.2 Å². The first-order valence-electron chi connectivity index (χ1n) is 12.3. The van der Waals surface area contributed by atoms with Gasteiger partial charge in [0, 0.05) is 17.9 Å². The molecular weight excluding hydrogens is 484 g/mol. The summed E-state index contributed by atoms with van der Waals surface area (Å²) in [5, 5.41) is 22.0. The summed E-state index contributed by atoms with van der Waals surface area (Å²) in [5.41, 5.74) is 4.23. The molecule has 0 fully saturated rings. The second-order valence-corrected chi connectivity index (χ2v) is 9.81. The minimum absolute atomic E-state index is 0.0282. The highest BCUT2D eigenvalue weighted by molar-refractivity contribution is 7.98. The number of thioether (sulfide) groups is 1. The lowest BCUT2D eigenvalue weighted by Gasteiger charge is -2.12. The van der Waals surface area contributed by atoms with Gasteiger partial charge in [0.05, 0.1) is 17.7 Å². The molecular formula is C29H30N4O3S. The monoisotopic (exact) mass is 514 g/mol. The number of aromatic nitrogens is 3. The van der Waals surface area contributed by atoms with Crippen LogP contribution in [-0.4, -0.2) is 31.7 Å². The average molecular weight is 515 g/mol. The highest BCUT2D eigenvalue weighted by atomic mass is 32.2. The molecule has 8 heteroatoms. The van der Waals surface area contributed by atoms with Crippen LogP contribution in [0.1, 0.15) is 63.0 Å². The standard InChI is InChI=1S/C29H30N4O3S/c1-3-4-9-26-31-32-29(37-19-22-12-10-20(2)11-13-22)33(26)18-21-14-16-23(17-15-21)30-27(34)24-7-5-6-8-25(24)28(35)36/h5-8,10-17H,3-4,9,18-19H2,1-2H3,(H,30,34)(H,35,36). The fourth-order valence-corrected chi connectivity index (χ4v) is 4.79. The summed E-state index contributed by atoms with van der Waals surface area (Å²) in [6.07, 6.45) is 2.99. The van der Waals surface area contributed by atoms with E-state index < -0.39 is 11.9 Å². The third-order valence-corrected chi connectivity index (χ3v) is 7.03. The number of carboxylic acid groups (broad SMARTS) is 1. The Balaban J connectivity index is 1.47. The summed E-state index contributed by atoms with van der Waals surface area (Å²) in [6, 6.07) is 22.3. The summed E-state index contributed by atoms with van der Waals surface area (Å²) in [7, 11) is 0. The number of hydrogen-bond donors (Lipinski definition) is 2. The molecule has 37 heavy (non-hydrogen) atoms. The lowest BCUT2D eigenvalue weighted by molar-refractivity contribution is 0.0692. The van der Waals surface area contributed by atoms with Crippen molar-refractivity contribution in [1.29, 1.82) is 0 Å². The third-order valence-electron chi connectivity index (χ3n) is 5.99. The van der Waals surface area contributed by atoms with Crippen molar-refractivity contribution in [3.8, 4) is 0 Å². The number of aromatic carboxylic acids is 1. The summed E-state index contributed by atoms with van der Waals surface area (Å²) >= 11 is 1.68. The maximum atomic E-state index is 12.7. The van der Waals surface area contributed by atoms with Crippen molar-refractivity contribution in [2.24, 2.45) is 0 Å². The first kappa shape index (κ1) is 26.2. The zero-order chi connectivity index (χ0) is 26.2. The average Bonchev–Trinajstić information content (AvgIpc) is 3.29. The van der Waals surface area contributed by atoms with E-state index in [-0.39, 0.29) is 11.1 Å². The number of anilines is 1. The Morgan fingerprint density at radius 3 is 2.27 bits per heavy atom. The SMILES string of the molecule is CCCCc1nnc(SCc2ccc(C)cc2)n1Cc1ccc(NC(=O)c2ccccc2C(=O)O)cc1. The molecule has 0 radical (unpaired) electrons. The van der Waals surface area contributed by atoms with Crippen molar-refractivity contribution in [2.75, 3.05) is 5.32 Å². The van der Waals surface area contributed by atoms with E-state index in [4.69, 9.17) is 0 Å². The van der Waals surface area contributed by atoms with Crippen molar-refractivity contribution in [1.82, 2.24) is 14.8 Å². The number of carboxylic acids is 1. The van der Waals surface area contributed by atoms with E-state index in [0.717, 1.165) is 41.6 Å². The van der Waals surface area contributed by atoms with Crippen LogP contribution in [-0.2, 0) is 18.7 Å². The third kappa shape index (κ3) is 6.86. The molecule has 1 amide bonds. The number of carbonyl (C=O) groups excluding carboxylic acids is 1. The van der Waals surface area contributed by atoms with E-state index in [0.29, 0.717) is 12.2 Å². The summed E-state index contributed by atoms with van der Waals surface area (Å²) in [5.74, 6) is 0.191. The van der Waals surface area contributed by atoms with Gasteiger partial charge in [-0.2, -0.15) is 0 Å². The van der Waals surface area contributed by atoms with Gasteiger partial charge in [0.15, 0.2) is 5.16 Å². The van der Waals surface area contributed by atoms with Gasteiger partial charge in [0.1, 0.15) is 5.82 Å².